The lowest BCUT2D eigenvalue weighted by atomic mass is 10.1. The van der Waals surface area contributed by atoms with Crippen LogP contribution in [0.1, 0.15) is 24.4 Å². The number of hydrogen-bond acceptors (Lipinski definition) is 6. The molecule has 0 radical (unpaired) electrons. The minimum atomic E-state index is -3.56. The number of para-hydroxylation sites is 1. The minimum absolute atomic E-state index is 0.0759. The highest BCUT2D eigenvalue weighted by Crippen LogP contribution is 2.29. The zero-order chi connectivity index (χ0) is 25.3. The first-order valence-electron chi connectivity index (χ1n) is 11.9. The third-order valence-electron chi connectivity index (χ3n) is 6.55. The van der Waals surface area contributed by atoms with Crippen LogP contribution in [-0.4, -0.2) is 53.8 Å². The molecular weight excluding hydrogens is 494 g/mol. The standard InChI is InChI=1S/C27H28ClN5O2S/c1-19-6-5-7-22(18-19)29-27-24-8-3-4-9-25(24)30-26(31-27)20(2)32-14-16-33(17-15-32)36(34,35)23-12-10-21(28)11-13-23/h3-13,18,20H,14-17H2,1-2H3,(H,29,30,31)/t20-/m1/s1. The number of nitrogens with one attached hydrogen (secondary N) is 1. The molecule has 0 aliphatic carbocycles. The molecule has 0 spiro atoms. The number of benzene rings is 3. The van der Waals surface area contributed by atoms with Crippen molar-refractivity contribution in [3.8, 4) is 0 Å². The maximum absolute atomic E-state index is 13.1. The molecule has 0 unspecified atom stereocenters. The monoisotopic (exact) mass is 521 g/mol. The molecule has 5 rings (SSSR count). The van der Waals surface area contributed by atoms with E-state index in [1.54, 1.807) is 24.3 Å². The smallest absolute Gasteiger partial charge is 0.243 e. The average Bonchev–Trinajstić information content (AvgIpc) is 2.88. The van der Waals surface area contributed by atoms with E-state index >= 15 is 0 Å². The Hall–Kier alpha value is -3.04. The van der Waals surface area contributed by atoms with Crippen molar-refractivity contribution in [2.45, 2.75) is 24.8 Å². The molecule has 1 aliphatic rings. The van der Waals surface area contributed by atoms with Crippen molar-refractivity contribution in [3.05, 3.63) is 89.2 Å². The van der Waals surface area contributed by atoms with Gasteiger partial charge in [-0.2, -0.15) is 4.31 Å². The molecule has 1 saturated heterocycles. The summed E-state index contributed by atoms with van der Waals surface area (Å²) in [5.41, 5.74) is 3.00. The fraction of sp³-hybridized carbons (Fsp3) is 0.259. The fourth-order valence-corrected chi connectivity index (χ4v) is 6.03. The van der Waals surface area contributed by atoms with Gasteiger partial charge in [-0.05, 0) is 67.9 Å². The van der Waals surface area contributed by atoms with Gasteiger partial charge in [-0.15, -0.1) is 0 Å². The van der Waals surface area contributed by atoms with Gasteiger partial charge in [0.05, 0.1) is 16.5 Å². The number of sulfonamides is 1. The molecular formula is C27H28ClN5O2S. The van der Waals surface area contributed by atoms with E-state index in [1.807, 2.05) is 36.4 Å². The number of rotatable bonds is 6. The Morgan fingerprint density at radius 1 is 0.917 bits per heavy atom. The molecule has 186 valence electrons. The summed E-state index contributed by atoms with van der Waals surface area (Å²) in [6, 6.07) is 22.4. The molecule has 1 fully saturated rings. The van der Waals surface area contributed by atoms with Crippen LogP contribution in [0.3, 0.4) is 0 Å². The van der Waals surface area contributed by atoms with Gasteiger partial charge >= 0.3 is 0 Å². The Morgan fingerprint density at radius 3 is 2.36 bits per heavy atom. The van der Waals surface area contributed by atoms with Gasteiger partial charge in [0.15, 0.2) is 0 Å². The molecule has 1 aromatic heterocycles. The van der Waals surface area contributed by atoms with E-state index in [0.717, 1.165) is 22.4 Å². The minimum Gasteiger partial charge on any atom is -0.340 e. The lowest BCUT2D eigenvalue weighted by Gasteiger charge is -2.36. The molecule has 0 saturated carbocycles. The summed E-state index contributed by atoms with van der Waals surface area (Å²) >= 11 is 5.93. The fourth-order valence-electron chi connectivity index (χ4n) is 4.49. The van der Waals surface area contributed by atoms with Crippen LogP contribution in [0, 0.1) is 6.92 Å². The second-order valence-corrected chi connectivity index (χ2v) is 11.4. The molecule has 7 nitrogen and oxygen atoms in total. The van der Waals surface area contributed by atoms with Crippen LogP contribution in [0.25, 0.3) is 10.9 Å². The summed E-state index contributed by atoms with van der Waals surface area (Å²) in [4.78, 5) is 12.3. The predicted molar refractivity (Wildman–Crippen MR) is 144 cm³/mol. The average molecular weight is 522 g/mol. The summed E-state index contributed by atoms with van der Waals surface area (Å²) in [7, 11) is -3.56. The molecule has 36 heavy (non-hydrogen) atoms. The van der Waals surface area contributed by atoms with Gasteiger partial charge in [-0.25, -0.2) is 18.4 Å². The van der Waals surface area contributed by atoms with E-state index in [9.17, 15) is 8.42 Å². The Balaban J connectivity index is 1.36. The Morgan fingerprint density at radius 2 is 1.64 bits per heavy atom. The predicted octanol–water partition coefficient (Wildman–Crippen LogP) is 5.40. The highest BCUT2D eigenvalue weighted by atomic mass is 35.5. The maximum atomic E-state index is 13.1. The molecule has 9 heteroatoms. The molecule has 1 aliphatic heterocycles. The van der Waals surface area contributed by atoms with Crippen molar-refractivity contribution in [1.29, 1.82) is 0 Å². The zero-order valence-electron chi connectivity index (χ0n) is 20.2. The molecule has 4 aromatic rings. The van der Waals surface area contributed by atoms with E-state index in [-0.39, 0.29) is 10.9 Å². The van der Waals surface area contributed by atoms with Crippen LogP contribution in [0.15, 0.2) is 77.7 Å². The van der Waals surface area contributed by atoms with Gasteiger partial charge in [-0.3, -0.25) is 4.90 Å². The molecule has 2 heterocycles. The van der Waals surface area contributed by atoms with Gasteiger partial charge < -0.3 is 5.32 Å². The van der Waals surface area contributed by atoms with Crippen LogP contribution in [-0.2, 0) is 10.0 Å². The Bertz CT molecular complexity index is 1490. The second kappa shape index (κ2) is 10.1. The number of piperazine rings is 1. The van der Waals surface area contributed by atoms with E-state index in [2.05, 4.69) is 36.2 Å². The van der Waals surface area contributed by atoms with Crippen LogP contribution in [0.5, 0.6) is 0 Å². The van der Waals surface area contributed by atoms with Crippen molar-refractivity contribution >= 4 is 44.0 Å². The molecule has 1 atom stereocenters. The SMILES string of the molecule is Cc1cccc(Nc2nc([C@@H](C)N3CCN(S(=O)(=O)c4ccc(Cl)cc4)CC3)nc3ccccc23)c1. The third-order valence-corrected chi connectivity index (χ3v) is 8.71. The first kappa shape index (κ1) is 24.6. The van der Waals surface area contributed by atoms with Gasteiger partial charge in [0.25, 0.3) is 0 Å². The first-order chi connectivity index (χ1) is 17.3. The van der Waals surface area contributed by atoms with Crippen molar-refractivity contribution in [3.63, 3.8) is 0 Å². The topological polar surface area (TPSA) is 78.4 Å². The lowest BCUT2D eigenvalue weighted by molar-refractivity contribution is 0.141. The summed E-state index contributed by atoms with van der Waals surface area (Å²) in [6.45, 7) is 6.11. The van der Waals surface area contributed by atoms with Gasteiger partial charge in [0, 0.05) is 42.3 Å². The quantitative estimate of drug-likeness (QED) is 0.366. The zero-order valence-corrected chi connectivity index (χ0v) is 21.8. The van der Waals surface area contributed by atoms with Gasteiger partial charge in [-0.1, -0.05) is 35.9 Å². The van der Waals surface area contributed by atoms with Gasteiger partial charge in [0.1, 0.15) is 11.6 Å². The van der Waals surface area contributed by atoms with Crippen LogP contribution in [0.2, 0.25) is 5.02 Å². The summed E-state index contributed by atoms with van der Waals surface area (Å²) in [5.74, 6) is 1.47. The summed E-state index contributed by atoms with van der Waals surface area (Å²) < 4.78 is 27.7. The van der Waals surface area contributed by atoms with E-state index < -0.39 is 10.0 Å². The molecule has 3 aromatic carbocycles. The van der Waals surface area contributed by atoms with E-state index in [1.165, 1.54) is 9.87 Å². The van der Waals surface area contributed by atoms with Crippen molar-refractivity contribution in [2.75, 3.05) is 31.5 Å². The first-order valence-corrected chi connectivity index (χ1v) is 13.7. The van der Waals surface area contributed by atoms with Crippen molar-refractivity contribution < 1.29 is 8.42 Å². The number of nitrogens with zero attached hydrogens (tertiary/aromatic N) is 4. The largest absolute Gasteiger partial charge is 0.340 e. The van der Waals surface area contributed by atoms with Crippen molar-refractivity contribution in [2.24, 2.45) is 0 Å². The normalized spacial score (nSPS) is 16.2. The third kappa shape index (κ3) is 5.08. The molecule has 0 bridgehead atoms. The Kier molecular flexibility index (Phi) is 6.94. The molecule has 1 N–H and O–H groups in total. The highest BCUT2D eigenvalue weighted by molar-refractivity contribution is 7.89. The van der Waals surface area contributed by atoms with Crippen molar-refractivity contribution in [1.82, 2.24) is 19.2 Å². The number of hydrogen-bond donors (Lipinski definition) is 1. The molecule has 0 amide bonds. The van der Waals surface area contributed by atoms with Crippen LogP contribution >= 0.6 is 11.6 Å². The number of anilines is 2. The summed E-state index contributed by atoms with van der Waals surface area (Å²) in [6.07, 6.45) is 0. The second-order valence-electron chi connectivity index (χ2n) is 9.01. The number of aryl methyl sites for hydroxylation is 1. The lowest BCUT2D eigenvalue weighted by Crippen LogP contribution is -2.49. The maximum Gasteiger partial charge on any atom is 0.243 e. The highest BCUT2D eigenvalue weighted by Gasteiger charge is 2.31. The number of aromatic nitrogens is 2. The van der Waals surface area contributed by atoms with Gasteiger partial charge in [0.2, 0.25) is 10.0 Å². The number of halogens is 1. The van der Waals surface area contributed by atoms with E-state index in [0.29, 0.717) is 37.0 Å². The Labute approximate surface area is 216 Å². The summed E-state index contributed by atoms with van der Waals surface area (Å²) in [5, 5.41) is 4.93. The van der Waals surface area contributed by atoms with Crippen LogP contribution in [0.4, 0.5) is 11.5 Å². The number of fused-ring (bicyclic) bond motifs is 1. The van der Waals surface area contributed by atoms with E-state index in [4.69, 9.17) is 21.6 Å². The van der Waals surface area contributed by atoms with Crippen LogP contribution < -0.4 is 5.32 Å².